The van der Waals surface area contributed by atoms with Crippen LogP contribution >= 0.6 is 0 Å². The first-order chi connectivity index (χ1) is 12.5. The number of fused-ring (bicyclic) bond motifs is 1. The van der Waals surface area contributed by atoms with Crippen molar-refractivity contribution >= 4 is 28.3 Å². The highest BCUT2D eigenvalue weighted by Crippen LogP contribution is 2.23. The van der Waals surface area contributed by atoms with Crippen LogP contribution in [0.15, 0.2) is 60.7 Å². The molecule has 0 bridgehead atoms. The van der Waals surface area contributed by atoms with Crippen LogP contribution in [0.5, 0.6) is 5.75 Å². The highest BCUT2D eigenvalue weighted by molar-refractivity contribution is 5.99. The fourth-order valence-electron chi connectivity index (χ4n) is 2.61. The van der Waals surface area contributed by atoms with Crippen LogP contribution in [0, 0.1) is 6.92 Å². The first-order valence-electron chi connectivity index (χ1n) is 8.25. The average Bonchev–Trinajstić information content (AvgIpc) is 2.63. The number of aromatic hydroxyl groups is 1. The lowest BCUT2D eigenvalue weighted by Crippen LogP contribution is -2.30. The molecule has 0 unspecified atom stereocenters. The van der Waals surface area contributed by atoms with Crippen molar-refractivity contribution in [1.29, 1.82) is 0 Å². The van der Waals surface area contributed by atoms with Crippen molar-refractivity contribution in [1.82, 2.24) is 0 Å². The van der Waals surface area contributed by atoms with Gasteiger partial charge in [-0.1, -0.05) is 42.5 Å². The highest BCUT2D eigenvalue weighted by Gasteiger charge is 2.21. The monoisotopic (exact) mass is 349 g/mol. The van der Waals surface area contributed by atoms with Gasteiger partial charge in [-0.2, -0.15) is 0 Å². The van der Waals surface area contributed by atoms with Crippen molar-refractivity contribution in [2.45, 2.75) is 20.0 Å². The zero-order valence-electron chi connectivity index (χ0n) is 14.5. The van der Waals surface area contributed by atoms with Gasteiger partial charge in [-0.25, -0.2) is 4.79 Å². The van der Waals surface area contributed by atoms with Gasteiger partial charge >= 0.3 is 5.97 Å². The Labute approximate surface area is 151 Å². The molecule has 5 heteroatoms. The molecule has 0 saturated carbocycles. The van der Waals surface area contributed by atoms with Crippen LogP contribution in [0.25, 0.3) is 10.8 Å². The van der Waals surface area contributed by atoms with E-state index >= 15 is 0 Å². The van der Waals surface area contributed by atoms with Crippen LogP contribution in [0.4, 0.5) is 5.69 Å². The first kappa shape index (κ1) is 17.5. The van der Waals surface area contributed by atoms with E-state index < -0.39 is 18.0 Å². The number of phenols is 1. The molecule has 1 amide bonds. The number of hydrogen-bond donors (Lipinski definition) is 2. The predicted molar refractivity (Wildman–Crippen MR) is 100 cm³/mol. The van der Waals surface area contributed by atoms with E-state index in [1.807, 2.05) is 36.4 Å². The molecule has 2 N–H and O–H groups in total. The van der Waals surface area contributed by atoms with Crippen molar-refractivity contribution in [3.63, 3.8) is 0 Å². The number of amides is 1. The highest BCUT2D eigenvalue weighted by atomic mass is 16.5. The van der Waals surface area contributed by atoms with Crippen molar-refractivity contribution in [2.24, 2.45) is 0 Å². The second kappa shape index (κ2) is 7.27. The Morgan fingerprint density at radius 1 is 1.00 bits per heavy atom. The van der Waals surface area contributed by atoms with Gasteiger partial charge in [0.25, 0.3) is 5.91 Å². The molecule has 5 nitrogen and oxygen atoms in total. The molecule has 26 heavy (non-hydrogen) atoms. The van der Waals surface area contributed by atoms with Crippen molar-refractivity contribution < 1.29 is 19.4 Å². The second-order valence-electron chi connectivity index (χ2n) is 6.07. The smallest absolute Gasteiger partial charge is 0.342 e. The number of anilines is 1. The number of carbonyl (C=O) groups excluding carboxylic acids is 2. The summed E-state index contributed by atoms with van der Waals surface area (Å²) < 4.78 is 5.18. The van der Waals surface area contributed by atoms with Crippen molar-refractivity contribution in [2.75, 3.05) is 5.32 Å². The summed E-state index contributed by atoms with van der Waals surface area (Å²) >= 11 is 0. The Bertz CT molecular complexity index is 981. The van der Waals surface area contributed by atoms with Gasteiger partial charge in [0, 0.05) is 5.69 Å². The van der Waals surface area contributed by atoms with E-state index in [0.717, 1.165) is 10.8 Å². The molecule has 0 aliphatic heterocycles. The normalized spacial score (nSPS) is 11.8. The van der Waals surface area contributed by atoms with E-state index in [2.05, 4.69) is 5.32 Å². The topological polar surface area (TPSA) is 75.6 Å². The van der Waals surface area contributed by atoms with Crippen molar-refractivity contribution in [3.8, 4) is 5.75 Å². The van der Waals surface area contributed by atoms with Crippen LogP contribution < -0.4 is 5.32 Å². The van der Waals surface area contributed by atoms with E-state index in [-0.39, 0.29) is 11.3 Å². The third-order valence-corrected chi connectivity index (χ3v) is 4.13. The Hall–Kier alpha value is -3.34. The fourth-order valence-corrected chi connectivity index (χ4v) is 2.61. The number of esters is 1. The molecule has 3 aromatic carbocycles. The van der Waals surface area contributed by atoms with E-state index in [0.29, 0.717) is 11.3 Å². The summed E-state index contributed by atoms with van der Waals surface area (Å²) in [6.07, 6.45) is -1.01. The zero-order chi connectivity index (χ0) is 18.7. The molecule has 0 heterocycles. The molecule has 3 aromatic rings. The van der Waals surface area contributed by atoms with E-state index in [1.165, 1.54) is 13.0 Å². The third-order valence-electron chi connectivity index (χ3n) is 4.13. The van der Waals surface area contributed by atoms with Gasteiger partial charge in [0.05, 0.1) is 0 Å². The number of ether oxygens (including phenoxy) is 1. The minimum absolute atomic E-state index is 0.0374. The summed E-state index contributed by atoms with van der Waals surface area (Å²) in [6, 6.07) is 18.2. The molecule has 0 saturated heterocycles. The van der Waals surface area contributed by atoms with Gasteiger partial charge in [-0.15, -0.1) is 0 Å². The van der Waals surface area contributed by atoms with Crippen LogP contribution in [0.2, 0.25) is 0 Å². The largest absolute Gasteiger partial charge is 0.507 e. The molecule has 0 aliphatic carbocycles. The Balaban J connectivity index is 1.69. The fraction of sp³-hybridized carbons (Fsp3) is 0.143. The molecular formula is C21H19NO4. The number of hydrogen-bond acceptors (Lipinski definition) is 4. The second-order valence-corrected chi connectivity index (χ2v) is 6.07. The zero-order valence-corrected chi connectivity index (χ0v) is 14.5. The molecule has 0 fully saturated rings. The SMILES string of the molecule is Cc1cccc(C(=O)O[C@H](C)C(=O)Nc2ccc3ccccc3c2)c1O. The molecule has 1 atom stereocenters. The van der Waals surface area contributed by atoms with Gasteiger partial charge in [-0.05, 0) is 48.4 Å². The van der Waals surface area contributed by atoms with Gasteiger partial charge in [0.1, 0.15) is 11.3 Å². The number of phenolic OH excluding ortho intramolecular Hbond substituents is 1. The van der Waals surface area contributed by atoms with Gasteiger partial charge in [0.2, 0.25) is 0 Å². The van der Waals surface area contributed by atoms with E-state index in [9.17, 15) is 14.7 Å². The quantitative estimate of drug-likeness (QED) is 0.697. The lowest BCUT2D eigenvalue weighted by molar-refractivity contribution is -0.123. The Kier molecular flexibility index (Phi) is 4.89. The van der Waals surface area contributed by atoms with Crippen LogP contribution in [-0.4, -0.2) is 23.1 Å². The summed E-state index contributed by atoms with van der Waals surface area (Å²) in [4.78, 5) is 24.5. The molecule has 3 rings (SSSR count). The van der Waals surface area contributed by atoms with Gasteiger partial charge < -0.3 is 15.2 Å². The van der Waals surface area contributed by atoms with Crippen LogP contribution in [-0.2, 0) is 9.53 Å². The summed E-state index contributed by atoms with van der Waals surface area (Å²) in [6.45, 7) is 3.17. The summed E-state index contributed by atoms with van der Waals surface area (Å²) in [5.74, 6) is -1.33. The summed E-state index contributed by atoms with van der Waals surface area (Å²) in [5, 5.41) is 14.8. The van der Waals surface area contributed by atoms with Crippen LogP contribution in [0.3, 0.4) is 0 Å². The molecule has 0 aliphatic rings. The number of carbonyl (C=O) groups is 2. The maximum atomic E-state index is 12.3. The number of rotatable bonds is 4. The Morgan fingerprint density at radius 3 is 2.50 bits per heavy atom. The minimum Gasteiger partial charge on any atom is -0.507 e. The Morgan fingerprint density at radius 2 is 1.73 bits per heavy atom. The first-order valence-corrected chi connectivity index (χ1v) is 8.25. The number of nitrogens with one attached hydrogen (secondary N) is 1. The van der Waals surface area contributed by atoms with Crippen molar-refractivity contribution in [3.05, 3.63) is 71.8 Å². The lowest BCUT2D eigenvalue weighted by atomic mass is 10.1. The van der Waals surface area contributed by atoms with E-state index in [1.54, 1.807) is 25.1 Å². The molecule has 0 radical (unpaired) electrons. The average molecular weight is 349 g/mol. The van der Waals surface area contributed by atoms with E-state index in [4.69, 9.17) is 4.74 Å². The maximum Gasteiger partial charge on any atom is 0.342 e. The number of benzene rings is 3. The molecule has 0 spiro atoms. The minimum atomic E-state index is -1.01. The summed E-state index contributed by atoms with van der Waals surface area (Å²) in [7, 11) is 0. The predicted octanol–water partition coefficient (Wildman–Crippen LogP) is 4.04. The molecule has 132 valence electrons. The molecular weight excluding hydrogens is 330 g/mol. The van der Waals surface area contributed by atoms with Gasteiger partial charge in [-0.3, -0.25) is 4.79 Å². The lowest BCUT2D eigenvalue weighted by Gasteiger charge is -2.14. The standard InChI is InChI=1S/C21H19NO4/c1-13-6-5-9-18(19(13)23)21(25)26-14(2)20(24)22-17-11-10-15-7-3-4-8-16(15)12-17/h3-12,14,23H,1-2H3,(H,22,24)/t14-/m1/s1. The number of aryl methyl sites for hydroxylation is 1. The van der Waals surface area contributed by atoms with Crippen LogP contribution in [0.1, 0.15) is 22.8 Å². The van der Waals surface area contributed by atoms with Gasteiger partial charge in [0.15, 0.2) is 6.10 Å². The number of para-hydroxylation sites is 1. The summed E-state index contributed by atoms with van der Waals surface area (Å²) in [5.41, 5.74) is 1.22. The third kappa shape index (κ3) is 3.67. The maximum absolute atomic E-state index is 12.3. The molecule has 0 aromatic heterocycles.